The van der Waals surface area contributed by atoms with Crippen molar-refractivity contribution in [2.45, 2.75) is 20.5 Å². The van der Waals surface area contributed by atoms with Crippen LogP contribution in [0.25, 0.3) is 11.1 Å². The third-order valence-corrected chi connectivity index (χ3v) is 4.83. The average Bonchev–Trinajstić information content (AvgIpc) is 2.91. The molecule has 36 heavy (non-hydrogen) atoms. The molecular weight excluding hydrogens is 481 g/mol. The molecule has 0 unspecified atom stereocenters. The van der Waals surface area contributed by atoms with Crippen LogP contribution in [0.2, 0.25) is 0 Å². The van der Waals surface area contributed by atoms with E-state index in [2.05, 4.69) is 30.2 Å². The lowest BCUT2D eigenvalue weighted by molar-refractivity contribution is -0.0498. The van der Waals surface area contributed by atoms with E-state index in [1.807, 2.05) is 18.7 Å². The SMILES string of the molecule is CC.COC(=O)c1nnc(Nc2nc(N3CCOCC3)ncc2F)cc1-c1ccc(OC(F)F)cc1. The molecule has 4 rings (SSSR count). The Balaban J connectivity index is 0.00000176. The number of anilines is 3. The Morgan fingerprint density at radius 2 is 1.83 bits per heavy atom. The number of esters is 1. The number of rotatable bonds is 7. The summed E-state index contributed by atoms with van der Waals surface area (Å²) in [6.07, 6.45) is 1.04. The highest BCUT2D eigenvalue weighted by molar-refractivity contribution is 5.95. The minimum atomic E-state index is -2.97. The number of nitrogens with one attached hydrogen (secondary N) is 1. The van der Waals surface area contributed by atoms with E-state index in [1.165, 1.54) is 37.4 Å². The van der Waals surface area contributed by atoms with Crippen LogP contribution in [0.5, 0.6) is 5.75 Å². The number of aromatic nitrogens is 4. The van der Waals surface area contributed by atoms with Crippen molar-refractivity contribution in [1.82, 2.24) is 20.2 Å². The molecule has 1 aliphatic heterocycles. The summed E-state index contributed by atoms with van der Waals surface area (Å²) in [6.45, 7) is 3.17. The van der Waals surface area contributed by atoms with Crippen LogP contribution < -0.4 is 15.0 Å². The molecule has 0 amide bonds. The Labute approximate surface area is 205 Å². The Morgan fingerprint density at radius 3 is 2.47 bits per heavy atom. The summed E-state index contributed by atoms with van der Waals surface area (Å²) >= 11 is 0. The highest BCUT2D eigenvalue weighted by Crippen LogP contribution is 2.29. The second-order valence-electron chi connectivity index (χ2n) is 6.98. The van der Waals surface area contributed by atoms with Gasteiger partial charge in [-0.15, -0.1) is 10.2 Å². The third-order valence-electron chi connectivity index (χ3n) is 4.83. The van der Waals surface area contributed by atoms with E-state index in [0.29, 0.717) is 37.8 Å². The summed E-state index contributed by atoms with van der Waals surface area (Å²) in [7, 11) is 1.18. The molecule has 3 aromatic rings. The first kappa shape index (κ1) is 26.6. The van der Waals surface area contributed by atoms with Crippen molar-refractivity contribution in [1.29, 1.82) is 0 Å². The van der Waals surface area contributed by atoms with E-state index >= 15 is 0 Å². The minimum Gasteiger partial charge on any atom is -0.464 e. The monoisotopic (exact) mass is 506 g/mol. The van der Waals surface area contributed by atoms with Gasteiger partial charge in [0, 0.05) is 18.7 Å². The molecule has 192 valence electrons. The number of hydrogen-bond donors (Lipinski definition) is 1. The van der Waals surface area contributed by atoms with E-state index in [9.17, 15) is 18.0 Å². The molecule has 0 bridgehead atoms. The van der Waals surface area contributed by atoms with Crippen LogP contribution in [-0.2, 0) is 9.47 Å². The van der Waals surface area contributed by atoms with Gasteiger partial charge in [-0.25, -0.2) is 14.2 Å². The molecule has 1 saturated heterocycles. The van der Waals surface area contributed by atoms with Crippen LogP contribution in [0, 0.1) is 5.82 Å². The maximum atomic E-state index is 14.4. The quantitative estimate of drug-likeness (QED) is 0.471. The summed E-state index contributed by atoms with van der Waals surface area (Å²) in [5.41, 5.74) is 0.598. The van der Waals surface area contributed by atoms with Crippen molar-refractivity contribution < 1.29 is 32.2 Å². The molecule has 10 nitrogen and oxygen atoms in total. The number of carbonyl (C=O) groups excluding carboxylic acids is 1. The predicted molar refractivity (Wildman–Crippen MR) is 125 cm³/mol. The van der Waals surface area contributed by atoms with Gasteiger partial charge in [0.15, 0.2) is 23.1 Å². The fourth-order valence-electron chi connectivity index (χ4n) is 3.22. The molecular formula is C23H25F3N6O4. The molecule has 0 saturated carbocycles. The van der Waals surface area contributed by atoms with Gasteiger partial charge in [-0.2, -0.15) is 13.8 Å². The molecule has 0 atom stereocenters. The van der Waals surface area contributed by atoms with Gasteiger partial charge in [0.25, 0.3) is 0 Å². The van der Waals surface area contributed by atoms with Gasteiger partial charge in [-0.05, 0) is 23.8 Å². The molecule has 1 N–H and O–H groups in total. The maximum Gasteiger partial charge on any atom is 0.387 e. The average molecular weight is 506 g/mol. The number of methoxy groups -OCH3 is 1. The van der Waals surface area contributed by atoms with Gasteiger partial charge in [0.1, 0.15) is 5.75 Å². The fourth-order valence-corrected chi connectivity index (χ4v) is 3.22. The zero-order valence-corrected chi connectivity index (χ0v) is 19.9. The number of morpholine rings is 1. The van der Waals surface area contributed by atoms with Gasteiger partial charge < -0.3 is 24.4 Å². The molecule has 1 aliphatic rings. The molecule has 1 fully saturated rings. The number of hydrogen-bond acceptors (Lipinski definition) is 10. The normalized spacial score (nSPS) is 13.0. The topological polar surface area (TPSA) is 112 Å². The summed E-state index contributed by atoms with van der Waals surface area (Å²) in [4.78, 5) is 22.3. The van der Waals surface area contributed by atoms with E-state index in [-0.39, 0.29) is 28.6 Å². The van der Waals surface area contributed by atoms with Gasteiger partial charge in [0.2, 0.25) is 5.95 Å². The predicted octanol–water partition coefficient (Wildman–Crippen LogP) is 4.07. The number of halogens is 3. The first-order chi connectivity index (χ1) is 17.4. The second-order valence-corrected chi connectivity index (χ2v) is 6.98. The van der Waals surface area contributed by atoms with Gasteiger partial charge in [-0.1, -0.05) is 26.0 Å². The number of alkyl halides is 2. The van der Waals surface area contributed by atoms with E-state index < -0.39 is 18.4 Å². The summed E-state index contributed by atoms with van der Waals surface area (Å²) in [5, 5.41) is 10.6. The standard InChI is InChI=1S/C21H19F3N6O4.C2H6/c1-32-19(31)17-14(12-2-4-13(5-3-12)34-20(23)24)10-16(28-29-17)26-18-15(22)11-25-21(27-18)30-6-8-33-9-7-30;1-2/h2-5,10-11,20H,6-9H2,1H3,(H,25,26,27,28);1-2H3. The van der Waals surface area contributed by atoms with Crippen molar-refractivity contribution in [3.63, 3.8) is 0 Å². The number of benzene rings is 1. The van der Waals surface area contributed by atoms with Crippen molar-refractivity contribution in [2.24, 2.45) is 0 Å². The van der Waals surface area contributed by atoms with Crippen LogP contribution in [0.3, 0.4) is 0 Å². The highest BCUT2D eigenvalue weighted by atomic mass is 19.3. The second kappa shape index (κ2) is 12.6. The Kier molecular flexibility index (Phi) is 9.33. The molecule has 2 aromatic heterocycles. The first-order valence-electron chi connectivity index (χ1n) is 11.1. The third kappa shape index (κ3) is 6.56. The Morgan fingerprint density at radius 1 is 1.14 bits per heavy atom. The Bertz CT molecular complexity index is 1160. The lowest BCUT2D eigenvalue weighted by Gasteiger charge is -2.26. The van der Waals surface area contributed by atoms with Gasteiger partial charge in [-0.3, -0.25) is 0 Å². The number of ether oxygens (including phenoxy) is 3. The van der Waals surface area contributed by atoms with Crippen LogP contribution in [0.15, 0.2) is 36.5 Å². The van der Waals surface area contributed by atoms with Gasteiger partial charge in [0.05, 0.1) is 26.5 Å². The molecule has 1 aromatic carbocycles. The fraction of sp³-hybridized carbons (Fsp3) is 0.348. The molecule has 13 heteroatoms. The largest absolute Gasteiger partial charge is 0.464 e. The molecule has 0 radical (unpaired) electrons. The van der Waals surface area contributed by atoms with E-state index in [0.717, 1.165) is 6.20 Å². The summed E-state index contributed by atoms with van der Waals surface area (Å²) in [6, 6.07) is 7.00. The molecule has 0 aliphatic carbocycles. The number of carbonyl (C=O) groups is 1. The summed E-state index contributed by atoms with van der Waals surface area (Å²) < 4.78 is 53.7. The minimum absolute atomic E-state index is 0.0579. The van der Waals surface area contributed by atoms with Crippen molar-refractivity contribution >= 4 is 23.6 Å². The van der Waals surface area contributed by atoms with Crippen molar-refractivity contribution in [2.75, 3.05) is 43.6 Å². The maximum absolute atomic E-state index is 14.4. The van der Waals surface area contributed by atoms with Crippen molar-refractivity contribution in [3.05, 3.63) is 48.0 Å². The lowest BCUT2D eigenvalue weighted by Crippen LogP contribution is -2.37. The van der Waals surface area contributed by atoms with Crippen LogP contribution in [-0.4, -0.2) is 66.2 Å². The van der Waals surface area contributed by atoms with Crippen molar-refractivity contribution in [3.8, 4) is 16.9 Å². The van der Waals surface area contributed by atoms with Crippen LogP contribution in [0.4, 0.5) is 30.8 Å². The number of nitrogens with zero attached hydrogens (tertiary/aromatic N) is 5. The van der Waals surface area contributed by atoms with Crippen LogP contribution in [0.1, 0.15) is 24.3 Å². The van der Waals surface area contributed by atoms with E-state index in [1.54, 1.807) is 0 Å². The van der Waals surface area contributed by atoms with Gasteiger partial charge >= 0.3 is 12.6 Å². The first-order valence-corrected chi connectivity index (χ1v) is 11.1. The zero-order chi connectivity index (χ0) is 26.1. The lowest BCUT2D eigenvalue weighted by atomic mass is 10.0. The van der Waals surface area contributed by atoms with E-state index in [4.69, 9.17) is 9.47 Å². The zero-order valence-electron chi connectivity index (χ0n) is 19.9. The smallest absolute Gasteiger partial charge is 0.387 e. The van der Waals surface area contributed by atoms with Crippen LogP contribution >= 0.6 is 0 Å². The molecule has 0 spiro atoms. The Hall–Kier alpha value is -4.00. The highest BCUT2D eigenvalue weighted by Gasteiger charge is 2.20. The molecule has 3 heterocycles. The summed E-state index contributed by atoms with van der Waals surface area (Å²) in [5.74, 6) is -1.27.